The van der Waals surface area contributed by atoms with Gasteiger partial charge in [0.1, 0.15) is 0 Å². The van der Waals surface area contributed by atoms with Gasteiger partial charge in [-0.15, -0.1) is 0 Å². The first-order valence-corrected chi connectivity index (χ1v) is 8.64. The van der Waals surface area contributed by atoms with Gasteiger partial charge in [-0.3, -0.25) is 0 Å². The molecule has 1 N–H and O–H groups in total. The van der Waals surface area contributed by atoms with Crippen LogP contribution in [-0.2, 0) is 0 Å². The fraction of sp³-hybridized carbons (Fsp3) is 0.217. The maximum atomic E-state index is 11.2. The van der Waals surface area contributed by atoms with Crippen LogP contribution in [-0.4, -0.2) is 5.11 Å². The van der Waals surface area contributed by atoms with Crippen molar-refractivity contribution in [2.45, 2.75) is 31.3 Å². The maximum Gasteiger partial charge on any atom is 0.0864 e. The summed E-state index contributed by atoms with van der Waals surface area (Å²) in [5.41, 5.74) is 3.44. The predicted octanol–water partition coefficient (Wildman–Crippen LogP) is 5.70. The summed E-state index contributed by atoms with van der Waals surface area (Å²) in [7, 11) is 0. The lowest BCUT2D eigenvalue weighted by Crippen LogP contribution is -2.19. The first kappa shape index (κ1) is 16.5. The Morgan fingerprint density at radius 1 is 0.625 bits per heavy atom. The molecule has 0 aliphatic heterocycles. The standard InChI is InChI=1S/C23H24O/c1-2-21(18-12-6-3-7-13-18)22(19-14-8-4-9-15-19)23(24)20-16-10-5-11-17-20/h3-17,21-24H,2H2,1H3/t21-,22+,23-/m1/s1. The van der Waals surface area contributed by atoms with E-state index >= 15 is 0 Å². The van der Waals surface area contributed by atoms with E-state index < -0.39 is 6.10 Å². The van der Waals surface area contributed by atoms with Gasteiger partial charge in [0.15, 0.2) is 0 Å². The first-order valence-electron chi connectivity index (χ1n) is 8.64. The quantitative estimate of drug-likeness (QED) is 0.618. The van der Waals surface area contributed by atoms with Crippen LogP contribution >= 0.6 is 0 Å². The third kappa shape index (κ3) is 3.58. The van der Waals surface area contributed by atoms with Crippen LogP contribution in [0.1, 0.15) is 48.0 Å². The molecule has 0 heterocycles. The zero-order chi connectivity index (χ0) is 16.8. The molecule has 0 aliphatic carbocycles. The summed E-state index contributed by atoms with van der Waals surface area (Å²) in [4.78, 5) is 0. The van der Waals surface area contributed by atoms with Gasteiger partial charge in [-0.25, -0.2) is 0 Å². The molecule has 3 atom stereocenters. The molecular formula is C23H24O. The monoisotopic (exact) mass is 316 g/mol. The molecule has 0 amide bonds. The van der Waals surface area contributed by atoms with E-state index in [9.17, 15) is 5.11 Å². The molecule has 1 heteroatoms. The molecule has 0 aromatic heterocycles. The Bertz CT molecular complexity index is 722. The SMILES string of the molecule is CC[C@H](c1ccccc1)[C@H](c1ccccc1)[C@H](O)c1ccccc1. The fourth-order valence-corrected chi connectivity index (χ4v) is 3.56. The Hall–Kier alpha value is -2.38. The van der Waals surface area contributed by atoms with Crippen LogP contribution < -0.4 is 0 Å². The summed E-state index contributed by atoms with van der Waals surface area (Å²) in [5.74, 6) is 0.296. The van der Waals surface area contributed by atoms with Crippen molar-refractivity contribution in [3.05, 3.63) is 108 Å². The molecule has 3 aromatic rings. The highest BCUT2D eigenvalue weighted by Gasteiger charge is 2.30. The van der Waals surface area contributed by atoms with E-state index in [0.29, 0.717) is 0 Å². The van der Waals surface area contributed by atoms with Crippen molar-refractivity contribution in [3.8, 4) is 0 Å². The van der Waals surface area contributed by atoms with Gasteiger partial charge in [-0.1, -0.05) is 97.9 Å². The second kappa shape index (κ2) is 7.94. The number of benzene rings is 3. The number of aliphatic hydroxyl groups excluding tert-OH is 1. The van der Waals surface area contributed by atoms with Crippen molar-refractivity contribution >= 4 is 0 Å². The van der Waals surface area contributed by atoms with E-state index in [2.05, 4.69) is 55.5 Å². The summed E-state index contributed by atoms with van der Waals surface area (Å²) in [5, 5.41) is 11.2. The van der Waals surface area contributed by atoms with Gasteiger partial charge in [0.05, 0.1) is 6.10 Å². The fourth-order valence-electron chi connectivity index (χ4n) is 3.56. The number of hydrogen-bond acceptors (Lipinski definition) is 1. The van der Waals surface area contributed by atoms with Crippen LogP contribution in [0.5, 0.6) is 0 Å². The van der Waals surface area contributed by atoms with E-state index in [0.717, 1.165) is 12.0 Å². The number of aliphatic hydroxyl groups is 1. The predicted molar refractivity (Wildman–Crippen MR) is 100 cm³/mol. The third-order valence-corrected chi connectivity index (χ3v) is 4.77. The van der Waals surface area contributed by atoms with Crippen molar-refractivity contribution in [1.29, 1.82) is 0 Å². The van der Waals surface area contributed by atoms with Crippen molar-refractivity contribution in [3.63, 3.8) is 0 Å². The van der Waals surface area contributed by atoms with Gasteiger partial charge in [-0.05, 0) is 29.0 Å². The van der Waals surface area contributed by atoms with Crippen LogP contribution in [0.3, 0.4) is 0 Å². The molecule has 0 aliphatic rings. The zero-order valence-electron chi connectivity index (χ0n) is 14.0. The van der Waals surface area contributed by atoms with Crippen LogP contribution in [0.2, 0.25) is 0 Å². The summed E-state index contributed by atoms with van der Waals surface area (Å²) >= 11 is 0. The van der Waals surface area contributed by atoms with Crippen molar-refractivity contribution in [1.82, 2.24) is 0 Å². The van der Waals surface area contributed by atoms with E-state index in [4.69, 9.17) is 0 Å². The lowest BCUT2D eigenvalue weighted by Gasteiger charge is -2.31. The van der Waals surface area contributed by atoms with Crippen LogP contribution in [0, 0.1) is 0 Å². The van der Waals surface area contributed by atoms with E-state index in [-0.39, 0.29) is 11.8 Å². The van der Waals surface area contributed by atoms with Crippen LogP contribution in [0.15, 0.2) is 91.0 Å². The topological polar surface area (TPSA) is 20.2 Å². The van der Waals surface area contributed by atoms with Gasteiger partial charge in [0.2, 0.25) is 0 Å². The summed E-state index contributed by atoms with van der Waals surface area (Å²) in [6.07, 6.45) is 0.451. The molecule has 24 heavy (non-hydrogen) atoms. The van der Waals surface area contributed by atoms with E-state index in [1.165, 1.54) is 11.1 Å². The maximum absolute atomic E-state index is 11.2. The molecule has 0 unspecified atom stereocenters. The van der Waals surface area contributed by atoms with E-state index in [1.54, 1.807) is 0 Å². The molecule has 0 fully saturated rings. The normalized spacial score (nSPS) is 14.8. The Morgan fingerprint density at radius 3 is 1.50 bits per heavy atom. The third-order valence-electron chi connectivity index (χ3n) is 4.77. The first-order chi connectivity index (χ1) is 11.8. The summed E-state index contributed by atoms with van der Waals surface area (Å²) in [6.45, 7) is 2.20. The molecule has 0 bridgehead atoms. The lowest BCUT2D eigenvalue weighted by atomic mass is 9.75. The number of hydrogen-bond donors (Lipinski definition) is 1. The largest absolute Gasteiger partial charge is 0.388 e. The Labute approximate surface area is 144 Å². The van der Waals surface area contributed by atoms with Crippen molar-refractivity contribution in [2.75, 3.05) is 0 Å². The summed E-state index contributed by atoms with van der Waals surface area (Å²) < 4.78 is 0. The second-order valence-electron chi connectivity index (χ2n) is 6.22. The minimum Gasteiger partial charge on any atom is -0.388 e. The molecule has 0 saturated carbocycles. The molecule has 0 spiro atoms. The average molecular weight is 316 g/mol. The highest BCUT2D eigenvalue weighted by atomic mass is 16.3. The van der Waals surface area contributed by atoms with Crippen LogP contribution in [0.25, 0.3) is 0 Å². The van der Waals surface area contributed by atoms with Gasteiger partial charge in [-0.2, -0.15) is 0 Å². The minimum atomic E-state index is -0.529. The highest BCUT2D eigenvalue weighted by Crippen LogP contribution is 2.43. The molecule has 3 aromatic carbocycles. The number of rotatable bonds is 6. The Morgan fingerprint density at radius 2 is 1.04 bits per heavy atom. The minimum absolute atomic E-state index is 0.0287. The zero-order valence-corrected chi connectivity index (χ0v) is 14.0. The molecule has 122 valence electrons. The molecule has 0 radical (unpaired) electrons. The highest BCUT2D eigenvalue weighted by molar-refractivity contribution is 5.33. The van der Waals surface area contributed by atoms with Crippen LogP contribution in [0.4, 0.5) is 0 Å². The second-order valence-corrected chi connectivity index (χ2v) is 6.22. The Balaban J connectivity index is 2.05. The van der Waals surface area contributed by atoms with Crippen molar-refractivity contribution < 1.29 is 5.11 Å². The molecule has 0 saturated heterocycles. The van der Waals surface area contributed by atoms with Gasteiger partial charge < -0.3 is 5.11 Å². The van der Waals surface area contributed by atoms with E-state index in [1.807, 2.05) is 42.5 Å². The molecular weight excluding hydrogens is 292 g/mol. The smallest absolute Gasteiger partial charge is 0.0864 e. The Kier molecular flexibility index (Phi) is 5.45. The molecule has 1 nitrogen and oxygen atoms in total. The lowest BCUT2D eigenvalue weighted by molar-refractivity contribution is 0.130. The van der Waals surface area contributed by atoms with Gasteiger partial charge >= 0.3 is 0 Å². The average Bonchev–Trinajstić information content (AvgIpc) is 2.67. The molecule has 3 rings (SSSR count). The van der Waals surface area contributed by atoms with Crippen molar-refractivity contribution in [2.24, 2.45) is 0 Å². The van der Waals surface area contributed by atoms with Gasteiger partial charge in [0, 0.05) is 5.92 Å². The van der Waals surface area contributed by atoms with Gasteiger partial charge in [0.25, 0.3) is 0 Å². The summed E-state index contributed by atoms with van der Waals surface area (Å²) in [6, 6.07) is 30.9.